The first-order valence-electron chi connectivity index (χ1n) is 8.37. The number of carbonyl (C=O) groups excluding carboxylic acids is 2. The fourth-order valence-electron chi connectivity index (χ4n) is 2.32. The summed E-state index contributed by atoms with van der Waals surface area (Å²) in [5.74, 6) is -2.76. The number of carboxylic acids is 1. The maximum atomic E-state index is 12.3. The lowest BCUT2D eigenvalue weighted by Gasteiger charge is -2.20. The predicted molar refractivity (Wildman–Crippen MR) is 94.4 cm³/mol. The van der Waals surface area contributed by atoms with Crippen LogP contribution < -0.4 is 5.32 Å². The Bertz CT molecular complexity index is 616. The monoisotopic (exact) mass is 349 g/mol. The zero-order valence-electron chi connectivity index (χ0n) is 15.5. The molecule has 0 spiro atoms. The Morgan fingerprint density at radius 3 is 2.16 bits per heavy atom. The van der Waals surface area contributed by atoms with Crippen LogP contribution in [0.4, 0.5) is 0 Å². The third kappa shape index (κ3) is 6.21. The number of amides is 1. The zero-order chi connectivity index (χ0) is 19.2. The fourth-order valence-corrected chi connectivity index (χ4v) is 2.32. The van der Waals surface area contributed by atoms with Crippen LogP contribution in [0.15, 0.2) is 24.3 Å². The second-order valence-electron chi connectivity index (χ2n) is 7.08. The van der Waals surface area contributed by atoms with E-state index in [0.717, 1.165) is 5.56 Å². The Morgan fingerprint density at radius 1 is 1.16 bits per heavy atom. The van der Waals surface area contributed by atoms with E-state index in [1.807, 2.05) is 12.1 Å². The third-order valence-corrected chi connectivity index (χ3v) is 3.89. The average Bonchev–Trinajstić information content (AvgIpc) is 2.53. The molecule has 6 heteroatoms. The van der Waals surface area contributed by atoms with Crippen molar-refractivity contribution in [3.63, 3.8) is 0 Å². The van der Waals surface area contributed by atoms with E-state index < -0.39 is 29.8 Å². The predicted octanol–water partition coefficient (Wildman–Crippen LogP) is 2.76. The molecular formula is C19H27NO5. The third-order valence-electron chi connectivity index (χ3n) is 3.89. The molecule has 138 valence electrons. The summed E-state index contributed by atoms with van der Waals surface area (Å²) in [5.41, 5.74) is 1.42. The highest BCUT2D eigenvalue weighted by atomic mass is 16.5. The fraction of sp³-hybridized carbons (Fsp3) is 0.526. The Balaban J connectivity index is 2.79. The smallest absolute Gasteiger partial charge is 0.326 e. The van der Waals surface area contributed by atoms with Crippen LogP contribution in [0.3, 0.4) is 0 Å². The van der Waals surface area contributed by atoms with Gasteiger partial charge in [-0.1, -0.05) is 39.8 Å². The molecule has 0 radical (unpaired) electrons. The topological polar surface area (TPSA) is 92.7 Å². The molecule has 0 aliphatic carbocycles. The van der Waals surface area contributed by atoms with Gasteiger partial charge < -0.3 is 15.2 Å². The first kappa shape index (κ1) is 20.7. The average molecular weight is 349 g/mol. The van der Waals surface area contributed by atoms with Gasteiger partial charge in [-0.05, 0) is 36.5 Å². The van der Waals surface area contributed by atoms with Gasteiger partial charge in [0.25, 0.3) is 5.91 Å². The maximum absolute atomic E-state index is 12.3. The van der Waals surface area contributed by atoms with E-state index in [1.165, 1.54) is 0 Å². The van der Waals surface area contributed by atoms with Crippen molar-refractivity contribution in [2.75, 3.05) is 6.61 Å². The van der Waals surface area contributed by atoms with E-state index in [4.69, 9.17) is 4.74 Å². The highest BCUT2D eigenvalue weighted by molar-refractivity contribution is 5.96. The number of carbonyl (C=O) groups is 3. The van der Waals surface area contributed by atoms with Crippen LogP contribution in [0, 0.1) is 5.92 Å². The number of rotatable bonds is 7. The molecule has 0 bridgehead atoms. The maximum Gasteiger partial charge on any atom is 0.326 e. The van der Waals surface area contributed by atoms with Crippen LogP contribution >= 0.6 is 0 Å². The summed E-state index contributed by atoms with van der Waals surface area (Å²) >= 11 is 0. The normalized spacial score (nSPS) is 13.6. The molecule has 0 saturated carbocycles. The van der Waals surface area contributed by atoms with Gasteiger partial charge >= 0.3 is 11.9 Å². The number of aliphatic carboxylic acids is 1. The SMILES string of the molecule is CCOC(=O)[C@@H](C)C[C@@H](NC(=O)c1ccc(C(C)(C)C)cc1)C(=O)O. The summed E-state index contributed by atoms with van der Waals surface area (Å²) in [7, 11) is 0. The second kappa shape index (κ2) is 8.65. The molecule has 1 aromatic rings. The highest BCUT2D eigenvalue weighted by Gasteiger charge is 2.27. The van der Waals surface area contributed by atoms with Crippen molar-refractivity contribution >= 4 is 17.8 Å². The van der Waals surface area contributed by atoms with E-state index in [1.54, 1.807) is 26.0 Å². The van der Waals surface area contributed by atoms with Gasteiger partial charge in [-0.3, -0.25) is 9.59 Å². The lowest BCUT2D eigenvalue weighted by Crippen LogP contribution is -2.42. The summed E-state index contributed by atoms with van der Waals surface area (Å²) in [6, 6.07) is 5.89. The minimum Gasteiger partial charge on any atom is -0.480 e. The largest absolute Gasteiger partial charge is 0.480 e. The minimum atomic E-state index is -1.18. The first-order valence-corrected chi connectivity index (χ1v) is 8.37. The van der Waals surface area contributed by atoms with Gasteiger partial charge in [-0.15, -0.1) is 0 Å². The Kier molecular flexibility index (Phi) is 7.15. The molecule has 0 aromatic heterocycles. The molecule has 2 atom stereocenters. The van der Waals surface area contributed by atoms with E-state index in [-0.39, 0.29) is 18.4 Å². The lowest BCUT2D eigenvalue weighted by atomic mass is 9.86. The van der Waals surface area contributed by atoms with E-state index in [0.29, 0.717) is 5.56 Å². The number of hydrogen-bond acceptors (Lipinski definition) is 4. The van der Waals surface area contributed by atoms with E-state index >= 15 is 0 Å². The van der Waals surface area contributed by atoms with Crippen molar-refractivity contribution in [1.29, 1.82) is 0 Å². The molecule has 0 fully saturated rings. The number of ether oxygens (including phenoxy) is 1. The van der Waals surface area contributed by atoms with Crippen LogP contribution in [0.25, 0.3) is 0 Å². The molecule has 6 nitrogen and oxygen atoms in total. The zero-order valence-corrected chi connectivity index (χ0v) is 15.5. The molecule has 1 amide bonds. The summed E-state index contributed by atoms with van der Waals surface area (Å²) in [4.78, 5) is 35.4. The van der Waals surface area contributed by atoms with Gasteiger partial charge in [0.1, 0.15) is 6.04 Å². The van der Waals surface area contributed by atoms with Crippen LogP contribution in [0.2, 0.25) is 0 Å². The summed E-state index contributed by atoms with van der Waals surface area (Å²) in [6.07, 6.45) is -0.0278. The van der Waals surface area contributed by atoms with Gasteiger partial charge in [0.15, 0.2) is 0 Å². The van der Waals surface area contributed by atoms with Gasteiger partial charge in [0.2, 0.25) is 0 Å². The lowest BCUT2D eigenvalue weighted by molar-refractivity contribution is -0.148. The second-order valence-corrected chi connectivity index (χ2v) is 7.08. The van der Waals surface area contributed by atoms with Crippen molar-refractivity contribution in [2.24, 2.45) is 5.92 Å². The van der Waals surface area contributed by atoms with Crippen LogP contribution in [0.1, 0.15) is 57.0 Å². The number of carboxylic acid groups (broad SMARTS) is 1. The summed E-state index contributed by atoms with van der Waals surface area (Å²) < 4.78 is 4.87. The number of esters is 1. The summed E-state index contributed by atoms with van der Waals surface area (Å²) in [6.45, 7) is 9.70. The van der Waals surface area contributed by atoms with Crippen LogP contribution in [-0.4, -0.2) is 35.6 Å². The molecule has 0 saturated heterocycles. The van der Waals surface area contributed by atoms with E-state index in [9.17, 15) is 19.5 Å². The van der Waals surface area contributed by atoms with Crippen molar-refractivity contribution in [1.82, 2.24) is 5.32 Å². The molecule has 0 aliphatic rings. The van der Waals surface area contributed by atoms with Crippen molar-refractivity contribution in [3.05, 3.63) is 35.4 Å². The number of nitrogens with one attached hydrogen (secondary N) is 1. The highest BCUT2D eigenvalue weighted by Crippen LogP contribution is 2.22. The molecule has 2 N–H and O–H groups in total. The van der Waals surface area contributed by atoms with Crippen molar-refractivity contribution in [2.45, 2.75) is 52.5 Å². The first-order chi connectivity index (χ1) is 11.6. The summed E-state index contributed by atoms with van der Waals surface area (Å²) in [5, 5.41) is 11.8. The van der Waals surface area contributed by atoms with Crippen LogP contribution in [-0.2, 0) is 19.7 Å². The van der Waals surface area contributed by atoms with Crippen molar-refractivity contribution in [3.8, 4) is 0 Å². The van der Waals surface area contributed by atoms with Crippen molar-refractivity contribution < 1.29 is 24.2 Å². The molecule has 25 heavy (non-hydrogen) atoms. The quantitative estimate of drug-likeness (QED) is 0.738. The molecule has 0 heterocycles. The Morgan fingerprint density at radius 2 is 1.72 bits per heavy atom. The van der Waals surface area contributed by atoms with Crippen LogP contribution in [0.5, 0.6) is 0 Å². The molecule has 1 aromatic carbocycles. The van der Waals surface area contributed by atoms with Gasteiger partial charge in [-0.25, -0.2) is 4.79 Å². The Labute approximate surface area is 148 Å². The standard InChI is InChI=1S/C19H27NO5/c1-6-25-18(24)12(2)11-15(17(22)23)20-16(21)13-7-9-14(10-8-13)19(3,4)5/h7-10,12,15H,6,11H2,1-5H3,(H,20,21)(H,22,23)/t12-,15+/m0/s1. The molecule has 0 aliphatic heterocycles. The molecule has 1 rings (SSSR count). The van der Waals surface area contributed by atoms with Gasteiger partial charge in [-0.2, -0.15) is 0 Å². The number of hydrogen-bond donors (Lipinski definition) is 2. The molecule has 0 unspecified atom stereocenters. The van der Waals surface area contributed by atoms with E-state index in [2.05, 4.69) is 26.1 Å². The van der Waals surface area contributed by atoms with Gasteiger partial charge in [0, 0.05) is 5.56 Å². The number of benzene rings is 1. The molecular weight excluding hydrogens is 322 g/mol. The minimum absolute atomic E-state index is 0.0278. The van der Waals surface area contributed by atoms with Gasteiger partial charge in [0.05, 0.1) is 12.5 Å². The Hall–Kier alpha value is -2.37.